The minimum Gasteiger partial charge on any atom is -0.494 e. The fourth-order valence-corrected chi connectivity index (χ4v) is 4.15. The van der Waals surface area contributed by atoms with E-state index in [1.165, 1.54) is 11.8 Å². The minimum atomic E-state index is 0.476. The van der Waals surface area contributed by atoms with Gasteiger partial charge in [0.05, 0.1) is 12.4 Å². The first kappa shape index (κ1) is 21.0. The van der Waals surface area contributed by atoms with Crippen molar-refractivity contribution in [2.24, 2.45) is 0 Å². The first-order valence-corrected chi connectivity index (χ1v) is 11.5. The molecule has 0 atom stereocenters. The maximum atomic E-state index is 5.85. The van der Waals surface area contributed by atoms with Gasteiger partial charge < -0.3 is 9.15 Å². The zero-order chi connectivity index (χ0) is 22.5. The summed E-state index contributed by atoms with van der Waals surface area (Å²) in [5.41, 5.74) is 2.82. The molecule has 0 amide bonds. The van der Waals surface area contributed by atoms with Crippen molar-refractivity contribution in [2.45, 2.75) is 17.8 Å². The van der Waals surface area contributed by atoms with Crippen molar-refractivity contribution < 1.29 is 9.15 Å². The fourth-order valence-electron chi connectivity index (χ4n) is 3.36. The van der Waals surface area contributed by atoms with Crippen molar-refractivity contribution in [1.82, 2.24) is 25.0 Å². The highest BCUT2D eigenvalue weighted by atomic mass is 32.2. The first-order valence-electron chi connectivity index (χ1n) is 10.6. The van der Waals surface area contributed by atoms with E-state index in [-0.39, 0.29) is 0 Å². The van der Waals surface area contributed by atoms with Gasteiger partial charge in [-0.2, -0.15) is 0 Å². The van der Waals surface area contributed by atoms with Crippen LogP contribution < -0.4 is 4.74 Å². The molecule has 0 saturated heterocycles. The van der Waals surface area contributed by atoms with Crippen molar-refractivity contribution in [3.63, 3.8) is 0 Å². The van der Waals surface area contributed by atoms with Crippen LogP contribution in [0.1, 0.15) is 12.8 Å². The quantitative estimate of drug-likeness (QED) is 0.279. The predicted octanol–water partition coefficient (Wildman–Crippen LogP) is 5.68. The Hall–Kier alpha value is -3.91. The highest BCUT2D eigenvalue weighted by Crippen LogP contribution is 2.30. The van der Waals surface area contributed by atoms with Crippen molar-refractivity contribution in [3.05, 3.63) is 90.8 Å². The molecule has 2 heterocycles. The average Bonchev–Trinajstić information content (AvgIpc) is 3.52. The lowest BCUT2D eigenvalue weighted by atomic mass is 10.2. The third-order valence-electron chi connectivity index (χ3n) is 4.88. The lowest BCUT2D eigenvalue weighted by molar-refractivity contribution is 0.340. The summed E-state index contributed by atoms with van der Waals surface area (Å²) in [4.78, 5) is 0. The largest absolute Gasteiger partial charge is 0.494 e. The number of thioether (sulfide) groups is 1. The fraction of sp³-hybridized carbons (Fsp3) is 0.120. The lowest BCUT2D eigenvalue weighted by Crippen LogP contribution is -2.00. The van der Waals surface area contributed by atoms with Gasteiger partial charge in [0, 0.05) is 16.8 Å². The second-order valence-electron chi connectivity index (χ2n) is 7.09. The van der Waals surface area contributed by atoms with Crippen LogP contribution in [-0.4, -0.2) is 31.6 Å². The summed E-state index contributed by atoms with van der Waals surface area (Å²) in [6.45, 7) is 2.59. The Morgan fingerprint density at radius 3 is 2.18 bits per heavy atom. The van der Waals surface area contributed by atoms with Crippen LogP contribution in [0.3, 0.4) is 0 Å². The molecule has 0 spiro atoms. The third-order valence-corrected chi connectivity index (χ3v) is 5.80. The number of ether oxygens (including phenoxy) is 1. The molecule has 0 saturated carbocycles. The van der Waals surface area contributed by atoms with Crippen LogP contribution in [0.2, 0.25) is 0 Å². The van der Waals surface area contributed by atoms with Gasteiger partial charge in [0.15, 0.2) is 11.0 Å². The van der Waals surface area contributed by atoms with E-state index in [4.69, 9.17) is 9.15 Å². The molecule has 2 aromatic heterocycles. The van der Waals surface area contributed by atoms with E-state index in [1.807, 2.05) is 96.4 Å². The monoisotopic (exact) mass is 455 g/mol. The molecule has 0 aliphatic heterocycles. The summed E-state index contributed by atoms with van der Waals surface area (Å²) in [5.74, 6) is 3.09. The number of hydrogen-bond acceptors (Lipinski definition) is 7. The molecular formula is C25H21N5O2S. The molecule has 0 radical (unpaired) electrons. The lowest BCUT2D eigenvalue weighted by Gasteiger charge is -2.11. The van der Waals surface area contributed by atoms with E-state index in [0.717, 1.165) is 33.5 Å². The molecule has 0 unspecified atom stereocenters. The van der Waals surface area contributed by atoms with Crippen LogP contribution >= 0.6 is 11.8 Å². The summed E-state index contributed by atoms with van der Waals surface area (Å²) < 4.78 is 13.5. The maximum absolute atomic E-state index is 5.85. The van der Waals surface area contributed by atoms with Gasteiger partial charge in [0.2, 0.25) is 11.8 Å². The second kappa shape index (κ2) is 9.70. The maximum Gasteiger partial charge on any atom is 0.247 e. The van der Waals surface area contributed by atoms with E-state index in [9.17, 15) is 0 Å². The summed E-state index contributed by atoms with van der Waals surface area (Å²) in [7, 11) is 0. The smallest absolute Gasteiger partial charge is 0.247 e. The highest BCUT2D eigenvalue weighted by molar-refractivity contribution is 7.98. The van der Waals surface area contributed by atoms with Crippen molar-refractivity contribution in [2.75, 3.05) is 6.61 Å². The molecule has 0 aliphatic rings. The predicted molar refractivity (Wildman–Crippen MR) is 127 cm³/mol. The van der Waals surface area contributed by atoms with Gasteiger partial charge in [-0.05, 0) is 43.3 Å². The zero-order valence-corrected chi connectivity index (χ0v) is 18.8. The normalized spacial score (nSPS) is 10.9. The van der Waals surface area contributed by atoms with Crippen LogP contribution in [0.5, 0.6) is 5.75 Å². The Morgan fingerprint density at radius 2 is 1.48 bits per heavy atom. The van der Waals surface area contributed by atoms with E-state index >= 15 is 0 Å². The van der Waals surface area contributed by atoms with Crippen molar-refractivity contribution >= 4 is 11.8 Å². The Morgan fingerprint density at radius 1 is 0.788 bits per heavy atom. The number of rotatable bonds is 8. The first-order chi connectivity index (χ1) is 16.3. The van der Waals surface area contributed by atoms with Crippen LogP contribution in [0.25, 0.3) is 28.5 Å². The van der Waals surface area contributed by atoms with Gasteiger partial charge in [-0.1, -0.05) is 60.3 Å². The topological polar surface area (TPSA) is 78.9 Å². The standard InChI is InChI=1S/C25H21N5O2S/c1-2-31-21-15-13-20(14-16-21)30-23(18-9-5-3-6-10-18)27-29-25(30)33-17-22-26-28-24(32-22)19-11-7-4-8-12-19/h3-16H,2,17H2,1H3. The Labute approximate surface area is 195 Å². The molecule has 3 aromatic carbocycles. The molecule has 0 N–H and O–H groups in total. The van der Waals surface area contributed by atoms with E-state index < -0.39 is 0 Å². The van der Waals surface area contributed by atoms with E-state index in [0.29, 0.717) is 24.1 Å². The molecule has 5 rings (SSSR count). The van der Waals surface area contributed by atoms with Gasteiger partial charge in [-0.3, -0.25) is 4.57 Å². The highest BCUT2D eigenvalue weighted by Gasteiger charge is 2.18. The molecule has 164 valence electrons. The SMILES string of the molecule is CCOc1ccc(-n2c(SCc3nnc(-c4ccccc4)o3)nnc2-c2ccccc2)cc1. The molecule has 8 heteroatoms. The Bertz CT molecular complexity index is 1320. The van der Waals surface area contributed by atoms with Crippen molar-refractivity contribution in [3.8, 4) is 34.3 Å². The van der Waals surface area contributed by atoms with Gasteiger partial charge in [0.1, 0.15) is 5.75 Å². The summed E-state index contributed by atoms with van der Waals surface area (Å²) in [5, 5.41) is 18.0. The van der Waals surface area contributed by atoms with Crippen LogP contribution in [0, 0.1) is 0 Å². The van der Waals surface area contributed by atoms with Crippen LogP contribution in [-0.2, 0) is 5.75 Å². The zero-order valence-electron chi connectivity index (χ0n) is 18.0. The second-order valence-corrected chi connectivity index (χ2v) is 8.03. The van der Waals surface area contributed by atoms with E-state index in [1.54, 1.807) is 0 Å². The number of hydrogen-bond donors (Lipinski definition) is 0. The van der Waals surface area contributed by atoms with E-state index in [2.05, 4.69) is 20.4 Å². The number of benzene rings is 3. The molecular weight excluding hydrogens is 434 g/mol. The van der Waals surface area contributed by atoms with Crippen LogP contribution in [0.15, 0.2) is 94.5 Å². The third kappa shape index (κ3) is 4.65. The van der Waals surface area contributed by atoms with Gasteiger partial charge >= 0.3 is 0 Å². The molecule has 0 aliphatic carbocycles. The van der Waals surface area contributed by atoms with Crippen molar-refractivity contribution in [1.29, 1.82) is 0 Å². The molecule has 33 heavy (non-hydrogen) atoms. The number of aromatic nitrogens is 5. The Balaban J connectivity index is 1.44. The van der Waals surface area contributed by atoms with Crippen LogP contribution in [0.4, 0.5) is 0 Å². The minimum absolute atomic E-state index is 0.476. The molecule has 0 fully saturated rings. The Kier molecular flexibility index (Phi) is 6.16. The summed E-state index contributed by atoms with van der Waals surface area (Å²) in [6.07, 6.45) is 0. The van der Waals surface area contributed by atoms with Gasteiger partial charge in [0.25, 0.3) is 0 Å². The average molecular weight is 456 g/mol. The molecule has 0 bridgehead atoms. The molecule has 7 nitrogen and oxygen atoms in total. The van der Waals surface area contributed by atoms with Gasteiger partial charge in [-0.15, -0.1) is 20.4 Å². The number of nitrogens with zero attached hydrogens (tertiary/aromatic N) is 5. The summed E-state index contributed by atoms with van der Waals surface area (Å²) >= 11 is 1.50. The molecule has 5 aromatic rings. The summed E-state index contributed by atoms with van der Waals surface area (Å²) in [6, 6.07) is 27.6. The van der Waals surface area contributed by atoms with Gasteiger partial charge in [-0.25, -0.2) is 0 Å².